The van der Waals surface area contributed by atoms with Crippen molar-refractivity contribution in [2.24, 2.45) is 15.9 Å². The predicted molar refractivity (Wildman–Crippen MR) is 239 cm³/mol. The molecular formula is C53H36N4O. The van der Waals surface area contributed by atoms with E-state index in [-0.39, 0.29) is 6.17 Å². The largest absolute Gasteiger partial charge is 0.454 e. The van der Waals surface area contributed by atoms with Crippen LogP contribution >= 0.6 is 0 Å². The van der Waals surface area contributed by atoms with Gasteiger partial charge in [0, 0.05) is 33.2 Å². The molecule has 0 saturated heterocycles. The number of amidine groups is 2. The lowest BCUT2D eigenvalue weighted by Gasteiger charge is -2.24. The van der Waals surface area contributed by atoms with Crippen LogP contribution in [0.5, 0.6) is 0 Å². The minimum absolute atomic E-state index is 0.320. The van der Waals surface area contributed by atoms with Crippen molar-refractivity contribution >= 4 is 61.4 Å². The van der Waals surface area contributed by atoms with Crippen LogP contribution in [0.3, 0.4) is 0 Å². The highest BCUT2D eigenvalue weighted by Crippen LogP contribution is 2.45. The summed E-state index contributed by atoms with van der Waals surface area (Å²) in [7, 11) is 0. The Labute approximate surface area is 335 Å². The van der Waals surface area contributed by atoms with Gasteiger partial charge in [-0.1, -0.05) is 152 Å². The van der Waals surface area contributed by atoms with Crippen LogP contribution in [0, 0.1) is 5.92 Å². The molecule has 3 aliphatic rings. The summed E-state index contributed by atoms with van der Waals surface area (Å²) in [4.78, 5) is 10.1. The summed E-state index contributed by atoms with van der Waals surface area (Å²) in [6.07, 6.45) is 12.0. The number of allylic oxidation sites excluding steroid dienone is 5. The minimum Gasteiger partial charge on any atom is -0.454 e. The lowest BCUT2D eigenvalue weighted by atomic mass is 9.83. The summed E-state index contributed by atoms with van der Waals surface area (Å²) in [5.41, 5.74) is 13.2. The predicted octanol–water partition coefficient (Wildman–Crippen LogP) is 12.5. The number of hydrogen-bond acceptors (Lipinski definition) is 4. The van der Waals surface area contributed by atoms with Crippen LogP contribution in [-0.2, 0) is 6.42 Å². The molecule has 1 aliphatic heterocycles. The van der Waals surface area contributed by atoms with Crippen molar-refractivity contribution in [2.75, 3.05) is 0 Å². The average Bonchev–Trinajstić information content (AvgIpc) is 3.84. The van der Waals surface area contributed by atoms with E-state index in [1.54, 1.807) is 0 Å². The molecule has 3 heterocycles. The van der Waals surface area contributed by atoms with Crippen molar-refractivity contribution in [3.63, 3.8) is 0 Å². The normalized spacial score (nSPS) is 17.2. The molecule has 2 aromatic heterocycles. The van der Waals surface area contributed by atoms with Crippen LogP contribution in [0.4, 0.5) is 0 Å². The second-order valence-electron chi connectivity index (χ2n) is 15.4. The molecule has 0 amide bonds. The van der Waals surface area contributed by atoms with Crippen molar-refractivity contribution < 1.29 is 4.42 Å². The van der Waals surface area contributed by atoms with Gasteiger partial charge >= 0.3 is 0 Å². The summed E-state index contributed by atoms with van der Waals surface area (Å²) in [6, 6.07) is 55.6. The topological polar surface area (TPSA) is 54.8 Å². The van der Waals surface area contributed by atoms with Gasteiger partial charge in [-0.25, -0.2) is 9.98 Å². The lowest BCUT2D eigenvalue weighted by Crippen LogP contribution is -2.33. The number of fused-ring (bicyclic) bond motifs is 9. The Kier molecular flexibility index (Phi) is 7.35. The van der Waals surface area contributed by atoms with E-state index in [1.807, 2.05) is 36.4 Å². The first-order chi connectivity index (χ1) is 28.7. The van der Waals surface area contributed by atoms with Gasteiger partial charge in [-0.15, -0.1) is 0 Å². The zero-order valence-corrected chi connectivity index (χ0v) is 31.5. The van der Waals surface area contributed by atoms with Crippen LogP contribution in [0.15, 0.2) is 202 Å². The fourth-order valence-electron chi connectivity index (χ4n) is 9.19. The maximum atomic E-state index is 7.08. The van der Waals surface area contributed by atoms with Crippen LogP contribution in [0.1, 0.15) is 34.1 Å². The molecule has 0 fully saturated rings. The maximum Gasteiger partial charge on any atom is 0.160 e. The molecule has 2 atom stereocenters. The number of rotatable bonds is 5. The molecule has 2 unspecified atom stereocenters. The lowest BCUT2D eigenvalue weighted by molar-refractivity contribution is 0.666. The molecule has 7 aromatic carbocycles. The van der Waals surface area contributed by atoms with Crippen molar-refractivity contribution in [2.45, 2.75) is 12.6 Å². The summed E-state index contributed by atoms with van der Waals surface area (Å²) in [5.74, 6) is 1.90. The Morgan fingerprint density at radius 2 is 1.40 bits per heavy atom. The van der Waals surface area contributed by atoms with Gasteiger partial charge in [0.05, 0.1) is 16.9 Å². The number of nitrogens with zero attached hydrogens (tertiary/aromatic N) is 3. The fourth-order valence-corrected chi connectivity index (χ4v) is 9.19. The molecule has 9 aromatic rings. The van der Waals surface area contributed by atoms with Gasteiger partial charge in [0.1, 0.15) is 17.6 Å². The van der Waals surface area contributed by atoms with E-state index in [0.717, 1.165) is 67.7 Å². The third-order valence-electron chi connectivity index (χ3n) is 12.0. The summed E-state index contributed by atoms with van der Waals surface area (Å²) < 4.78 is 9.52. The molecule has 2 aliphatic carbocycles. The van der Waals surface area contributed by atoms with Gasteiger partial charge in [0.25, 0.3) is 0 Å². The van der Waals surface area contributed by atoms with Gasteiger partial charge in [-0.3, -0.25) is 0 Å². The number of nitrogens with one attached hydrogen (secondary N) is 1. The van der Waals surface area contributed by atoms with E-state index < -0.39 is 0 Å². The van der Waals surface area contributed by atoms with Crippen molar-refractivity contribution in [3.8, 4) is 16.8 Å². The third kappa shape index (κ3) is 5.24. The molecule has 58 heavy (non-hydrogen) atoms. The SMILES string of the molecule is C1=CC2=Cc3c(c4ccccc4n3-c3cc4ccccc4c4c3oc3cc(-c5cccc(C6N=C(c7ccccc7)N=C(c7ccccc7)N6)c5)ccc34)CC2C=C1. The highest BCUT2D eigenvalue weighted by Gasteiger charge is 2.28. The van der Waals surface area contributed by atoms with Gasteiger partial charge in [-0.05, 0) is 81.4 Å². The van der Waals surface area contributed by atoms with E-state index in [1.165, 1.54) is 38.5 Å². The first-order valence-electron chi connectivity index (χ1n) is 19.9. The van der Waals surface area contributed by atoms with Gasteiger partial charge in [0.2, 0.25) is 0 Å². The quantitative estimate of drug-likeness (QED) is 0.191. The van der Waals surface area contributed by atoms with Crippen molar-refractivity contribution in [3.05, 3.63) is 216 Å². The first-order valence-corrected chi connectivity index (χ1v) is 19.9. The fraction of sp³-hybridized carbons (Fsp3) is 0.0566. The molecule has 0 radical (unpaired) electrons. The summed E-state index contributed by atoms with van der Waals surface area (Å²) >= 11 is 0. The van der Waals surface area contributed by atoms with Gasteiger partial charge < -0.3 is 14.3 Å². The molecule has 5 heteroatoms. The van der Waals surface area contributed by atoms with Crippen LogP contribution in [0.2, 0.25) is 0 Å². The second kappa shape index (κ2) is 13.0. The number of para-hydroxylation sites is 1. The summed E-state index contributed by atoms with van der Waals surface area (Å²) in [6.45, 7) is 0. The Morgan fingerprint density at radius 1 is 0.638 bits per heavy atom. The standard InChI is InChI=1S/C53H36N4O/c1-3-14-33(15-4-1)51-54-52(34-16-5-2-6-17-34)56-53(55-51)40-22-13-21-35(28-40)38-26-27-43-48(32-38)58-50-47(31-39-20-9-10-23-41(39)49(43)50)57-45-25-12-11-24-42(45)44-29-36-18-7-8-19-37(36)30-46(44)57/h1-28,30-32,36,53H,29H2,(H,54,55,56). The molecule has 1 N–H and O–H groups in total. The Morgan fingerprint density at radius 3 is 2.28 bits per heavy atom. The Balaban J connectivity index is 1.00. The molecule has 0 bridgehead atoms. The highest BCUT2D eigenvalue weighted by atomic mass is 16.3. The van der Waals surface area contributed by atoms with E-state index in [0.29, 0.717) is 11.8 Å². The van der Waals surface area contributed by atoms with Crippen LogP contribution in [-0.4, -0.2) is 16.2 Å². The number of aromatic nitrogens is 1. The van der Waals surface area contributed by atoms with Gasteiger partial charge in [-0.2, -0.15) is 0 Å². The number of hydrogen-bond donors (Lipinski definition) is 1. The minimum atomic E-state index is -0.320. The zero-order valence-electron chi connectivity index (χ0n) is 31.5. The molecule has 0 spiro atoms. The van der Waals surface area contributed by atoms with Gasteiger partial charge in [0.15, 0.2) is 11.4 Å². The van der Waals surface area contributed by atoms with E-state index in [4.69, 9.17) is 14.4 Å². The van der Waals surface area contributed by atoms with Crippen LogP contribution in [0.25, 0.3) is 66.5 Å². The second-order valence-corrected chi connectivity index (χ2v) is 15.4. The van der Waals surface area contributed by atoms with E-state index >= 15 is 0 Å². The number of furan rings is 1. The number of aliphatic imine (C=N–C) groups is 2. The van der Waals surface area contributed by atoms with E-state index in [2.05, 4.69) is 162 Å². The highest BCUT2D eigenvalue weighted by molar-refractivity contribution is 6.22. The molecular weight excluding hydrogens is 709 g/mol. The molecule has 274 valence electrons. The van der Waals surface area contributed by atoms with Crippen LogP contribution < -0.4 is 5.32 Å². The average molecular weight is 745 g/mol. The molecule has 12 rings (SSSR count). The maximum absolute atomic E-state index is 7.08. The smallest absolute Gasteiger partial charge is 0.160 e. The zero-order chi connectivity index (χ0) is 38.2. The Hall–Kier alpha value is -7.50. The molecule has 0 saturated carbocycles. The molecule has 5 nitrogen and oxygen atoms in total. The number of benzene rings is 7. The first kappa shape index (κ1) is 32.7. The monoisotopic (exact) mass is 744 g/mol. The third-order valence-corrected chi connectivity index (χ3v) is 12.0. The van der Waals surface area contributed by atoms with Crippen molar-refractivity contribution in [1.29, 1.82) is 0 Å². The van der Waals surface area contributed by atoms with E-state index in [9.17, 15) is 0 Å². The van der Waals surface area contributed by atoms with Crippen molar-refractivity contribution in [1.82, 2.24) is 9.88 Å². The Bertz CT molecular complexity index is 3290. The summed E-state index contributed by atoms with van der Waals surface area (Å²) in [5, 5.41) is 9.54.